The van der Waals surface area contributed by atoms with E-state index in [2.05, 4.69) is 6.92 Å². The second kappa shape index (κ2) is 7.56. The molecule has 0 spiro atoms. The minimum atomic E-state index is -0.757. The van der Waals surface area contributed by atoms with E-state index < -0.39 is 6.10 Å². The number of thioether (sulfide) groups is 1. The third-order valence-electron chi connectivity index (χ3n) is 2.77. The molecule has 0 saturated heterocycles. The van der Waals surface area contributed by atoms with Crippen molar-refractivity contribution in [3.8, 4) is 0 Å². The fourth-order valence-electron chi connectivity index (χ4n) is 1.52. The lowest BCUT2D eigenvalue weighted by Gasteiger charge is -2.12. The van der Waals surface area contributed by atoms with Crippen LogP contribution in [-0.2, 0) is 6.42 Å². The number of carbonyl (C=O) groups is 1. The molecule has 1 rings (SSSR count). The van der Waals surface area contributed by atoms with Gasteiger partial charge in [0, 0.05) is 11.3 Å². The van der Waals surface area contributed by atoms with E-state index in [1.165, 1.54) is 17.3 Å². The van der Waals surface area contributed by atoms with Crippen molar-refractivity contribution in [3.05, 3.63) is 35.4 Å². The molecule has 0 radical (unpaired) electrons. The van der Waals surface area contributed by atoms with Crippen LogP contribution >= 0.6 is 11.8 Å². The molecule has 100 valence electrons. The Hall–Kier alpha value is -0.840. The summed E-state index contributed by atoms with van der Waals surface area (Å²) in [6, 6.07) is 7.63. The summed E-state index contributed by atoms with van der Waals surface area (Å²) >= 11 is 1.36. The lowest BCUT2D eigenvalue weighted by Crippen LogP contribution is -2.20. The molecule has 0 aliphatic carbocycles. The van der Waals surface area contributed by atoms with Crippen LogP contribution in [-0.4, -0.2) is 39.7 Å². The van der Waals surface area contributed by atoms with Gasteiger partial charge in [0.1, 0.15) is 0 Å². The number of benzene rings is 1. The Labute approximate surface area is 112 Å². The van der Waals surface area contributed by atoms with Gasteiger partial charge in [-0.2, -0.15) is 0 Å². The van der Waals surface area contributed by atoms with Crippen LogP contribution in [0.15, 0.2) is 24.3 Å². The minimum absolute atomic E-state index is 0.0628. The van der Waals surface area contributed by atoms with Gasteiger partial charge in [0.15, 0.2) is 5.78 Å². The van der Waals surface area contributed by atoms with Crippen molar-refractivity contribution in [2.75, 3.05) is 12.4 Å². The largest absolute Gasteiger partial charge is 0.394 e. The maximum absolute atomic E-state index is 12.1. The zero-order chi connectivity index (χ0) is 13.5. The molecule has 18 heavy (non-hydrogen) atoms. The number of rotatable bonds is 7. The topological polar surface area (TPSA) is 57.5 Å². The average molecular weight is 268 g/mol. The molecule has 4 heteroatoms. The summed E-state index contributed by atoms with van der Waals surface area (Å²) < 4.78 is 0. The van der Waals surface area contributed by atoms with E-state index in [9.17, 15) is 9.90 Å². The first-order valence-electron chi connectivity index (χ1n) is 6.12. The highest BCUT2D eigenvalue weighted by Crippen LogP contribution is 2.17. The van der Waals surface area contributed by atoms with Gasteiger partial charge in [0.05, 0.1) is 18.0 Å². The van der Waals surface area contributed by atoms with Gasteiger partial charge < -0.3 is 10.2 Å². The maximum Gasteiger partial charge on any atom is 0.175 e. The Morgan fingerprint density at radius 3 is 2.44 bits per heavy atom. The number of aryl methyl sites for hydroxylation is 1. The number of aliphatic hydroxyl groups is 2. The lowest BCUT2D eigenvalue weighted by atomic mass is 10.1. The van der Waals surface area contributed by atoms with Crippen molar-refractivity contribution < 1.29 is 15.0 Å². The van der Waals surface area contributed by atoms with Gasteiger partial charge in [-0.3, -0.25) is 4.79 Å². The number of carbonyl (C=O) groups excluding carboxylic acids is 1. The predicted octanol–water partition coefficient (Wildman–Crippen LogP) is 1.91. The molecule has 0 bridgehead atoms. The number of ketones is 1. The molecule has 1 aromatic carbocycles. The van der Waals surface area contributed by atoms with Crippen molar-refractivity contribution in [2.24, 2.45) is 0 Å². The van der Waals surface area contributed by atoms with Crippen molar-refractivity contribution in [3.63, 3.8) is 0 Å². The highest BCUT2D eigenvalue weighted by atomic mass is 32.2. The molecule has 0 aliphatic rings. The first-order chi connectivity index (χ1) is 8.58. The van der Waals surface area contributed by atoms with Crippen LogP contribution in [0, 0.1) is 0 Å². The second-order valence-corrected chi connectivity index (χ2v) is 5.60. The maximum atomic E-state index is 12.1. The van der Waals surface area contributed by atoms with Crippen LogP contribution in [0.3, 0.4) is 0 Å². The summed E-state index contributed by atoms with van der Waals surface area (Å²) in [5, 5.41) is 17.7. The van der Waals surface area contributed by atoms with E-state index in [0.29, 0.717) is 11.3 Å². The number of aliphatic hydroxyl groups excluding tert-OH is 2. The normalized spacial score (nSPS) is 14.2. The van der Waals surface area contributed by atoms with E-state index in [1.54, 1.807) is 0 Å². The molecule has 0 heterocycles. The quantitative estimate of drug-likeness (QED) is 0.742. The van der Waals surface area contributed by atoms with E-state index in [0.717, 1.165) is 6.42 Å². The first-order valence-corrected chi connectivity index (χ1v) is 7.17. The third kappa shape index (κ3) is 4.44. The molecular weight excluding hydrogens is 248 g/mol. The lowest BCUT2D eigenvalue weighted by molar-refractivity contribution is 0.0992. The molecular formula is C14H20O3S. The highest BCUT2D eigenvalue weighted by molar-refractivity contribution is 8.00. The summed E-state index contributed by atoms with van der Waals surface area (Å²) in [6.07, 6.45) is 0.203. The minimum Gasteiger partial charge on any atom is -0.394 e. The SMILES string of the molecule is CCc1ccc(C(=O)C(C)SCC(O)CO)cc1. The Kier molecular flexibility index (Phi) is 6.39. The van der Waals surface area contributed by atoms with Gasteiger partial charge in [-0.25, -0.2) is 0 Å². The van der Waals surface area contributed by atoms with Crippen molar-refractivity contribution in [1.29, 1.82) is 0 Å². The molecule has 0 aromatic heterocycles. The van der Waals surface area contributed by atoms with Crippen LogP contribution in [0.4, 0.5) is 0 Å². The molecule has 0 fully saturated rings. The molecule has 2 atom stereocenters. The highest BCUT2D eigenvalue weighted by Gasteiger charge is 2.16. The van der Waals surface area contributed by atoms with Gasteiger partial charge in [-0.05, 0) is 18.9 Å². The van der Waals surface area contributed by atoms with Crippen LogP contribution in [0.25, 0.3) is 0 Å². The zero-order valence-electron chi connectivity index (χ0n) is 10.8. The molecule has 2 N–H and O–H groups in total. The molecule has 2 unspecified atom stereocenters. The van der Waals surface area contributed by atoms with Gasteiger partial charge in [0.25, 0.3) is 0 Å². The van der Waals surface area contributed by atoms with E-state index in [4.69, 9.17) is 5.11 Å². The Morgan fingerprint density at radius 2 is 1.94 bits per heavy atom. The fourth-order valence-corrected chi connectivity index (χ4v) is 2.43. The van der Waals surface area contributed by atoms with Gasteiger partial charge in [0.2, 0.25) is 0 Å². The predicted molar refractivity (Wildman–Crippen MR) is 75.2 cm³/mol. The van der Waals surface area contributed by atoms with Gasteiger partial charge in [-0.15, -0.1) is 11.8 Å². The first kappa shape index (κ1) is 15.2. The summed E-state index contributed by atoms with van der Waals surface area (Å²) in [6.45, 7) is 3.63. The van der Waals surface area contributed by atoms with E-state index in [-0.39, 0.29) is 17.6 Å². The van der Waals surface area contributed by atoms with Crippen molar-refractivity contribution >= 4 is 17.5 Å². The summed E-state index contributed by atoms with van der Waals surface area (Å²) in [4.78, 5) is 12.1. The summed E-state index contributed by atoms with van der Waals surface area (Å²) in [7, 11) is 0. The monoisotopic (exact) mass is 268 g/mol. The summed E-state index contributed by atoms with van der Waals surface area (Å²) in [5.74, 6) is 0.434. The Balaban J connectivity index is 2.56. The van der Waals surface area contributed by atoms with Crippen molar-refractivity contribution in [1.82, 2.24) is 0 Å². The second-order valence-electron chi connectivity index (χ2n) is 4.23. The fraction of sp³-hybridized carbons (Fsp3) is 0.500. The average Bonchev–Trinajstić information content (AvgIpc) is 2.43. The van der Waals surface area contributed by atoms with Crippen LogP contribution in [0.1, 0.15) is 29.8 Å². The third-order valence-corrected chi connectivity index (χ3v) is 4.06. The molecule has 3 nitrogen and oxygen atoms in total. The van der Waals surface area contributed by atoms with Gasteiger partial charge in [-0.1, -0.05) is 31.2 Å². The van der Waals surface area contributed by atoms with Crippen LogP contribution in [0.5, 0.6) is 0 Å². The van der Waals surface area contributed by atoms with E-state index >= 15 is 0 Å². The van der Waals surface area contributed by atoms with Crippen LogP contribution in [0.2, 0.25) is 0 Å². The zero-order valence-corrected chi connectivity index (χ0v) is 11.6. The van der Waals surface area contributed by atoms with Crippen molar-refractivity contribution in [2.45, 2.75) is 31.6 Å². The number of Topliss-reactive ketones (excluding diaryl/α,β-unsaturated/α-hetero) is 1. The molecule has 0 amide bonds. The Morgan fingerprint density at radius 1 is 1.33 bits per heavy atom. The van der Waals surface area contributed by atoms with E-state index in [1.807, 2.05) is 31.2 Å². The molecule has 1 aromatic rings. The van der Waals surface area contributed by atoms with Gasteiger partial charge >= 0.3 is 0 Å². The Bertz CT molecular complexity index is 375. The summed E-state index contributed by atoms with van der Waals surface area (Å²) in [5.41, 5.74) is 1.91. The van der Waals surface area contributed by atoms with Crippen LogP contribution < -0.4 is 0 Å². The molecule has 0 saturated carbocycles. The molecule has 0 aliphatic heterocycles. The standard InChI is InChI=1S/C14H20O3S/c1-3-11-4-6-12(7-5-11)14(17)10(2)18-9-13(16)8-15/h4-7,10,13,15-16H,3,8-9H2,1-2H3. The number of hydrogen-bond donors (Lipinski definition) is 2. The smallest absolute Gasteiger partial charge is 0.175 e. The number of hydrogen-bond acceptors (Lipinski definition) is 4.